The van der Waals surface area contributed by atoms with Gasteiger partial charge in [0.25, 0.3) is 11.6 Å². The number of carbonyl (C=O) groups excluding carboxylic acids is 4. The number of Topliss-reactive ketones (excluding diaryl/α,β-unsaturated/α-hetero) is 4. The second-order valence-corrected chi connectivity index (χ2v) is 8.16. The van der Waals surface area contributed by atoms with Crippen LogP contribution >= 0.6 is 0 Å². The number of hydrogen-bond donors (Lipinski definition) is 2. The molecule has 0 aliphatic carbocycles. The van der Waals surface area contributed by atoms with Crippen molar-refractivity contribution in [1.29, 1.82) is 0 Å². The quantitative estimate of drug-likeness (QED) is 0.371. The molecule has 0 aliphatic rings. The van der Waals surface area contributed by atoms with Crippen LogP contribution in [0.15, 0.2) is 0 Å². The number of hydrogen-bond acceptors (Lipinski definition) is 6. The van der Waals surface area contributed by atoms with E-state index < -0.39 is 57.7 Å². The Balaban J connectivity index is -0.000000411. The van der Waals surface area contributed by atoms with Crippen molar-refractivity contribution in [1.82, 2.24) is 0 Å². The Morgan fingerprint density at radius 2 is 0.778 bits per heavy atom. The summed E-state index contributed by atoms with van der Waals surface area (Å²) in [6, 6.07) is 0. The molecule has 1 radical (unpaired) electrons. The van der Waals surface area contributed by atoms with E-state index in [0.29, 0.717) is 0 Å². The van der Waals surface area contributed by atoms with Crippen molar-refractivity contribution in [2.24, 2.45) is 22.7 Å². The molecule has 0 saturated heterocycles. The number of carbonyl (C=O) groups is 6. The number of rotatable bonds is 6. The van der Waals surface area contributed by atoms with Gasteiger partial charge >= 0.3 is 11.9 Å². The van der Waals surface area contributed by atoms with Gasteiger partial charge in [-0.25, -0.2) is 9.59 Å². The molecule has 0 aromatic carbocycles. The summed E-state index contributed by atoms with van der Waals surface area (Å²) in [5.41, 5.74) is -1.28. The van der Waals surface area contributed by atoms with E-state index in [0.717, 1.165) is 0 Å². The molecule has 155 valence electrons. The van der Waals surface area contributed by atoms with E-state index >= 15 is 0 Å². The minimum absolute atomic E-state index is 0. The Labute approximate surface area is 169 Å². The first-order valence-corrected chi connectivity index (χ1v) is 7.90. The molecule has 9 heteroatoms. The Morgan fingerprint density at radius 1 is 0.593 bits per heavy atom. The van der Waals surface area contributed by atoms with Gasteiger partial charge in [0.15, 0.2) is 0 Å². The number of aliphatic carboxylic acids is 2. The standard InChI is InChI=1S/2C9H14O4.Mn/c2*1-5(10)6(9(2,3)4)7(11)8(12)13;/h2*6H,1-4H3,(H,12,13);. The fourth-order valence-electron chi connectivity index (χ4n) is 2.62. The van der Waals surface area contributed by atoms with E-state index in [2.05, 4.69) is 0 Å². The summed E-state index contributed by atoms with van der Waals surface area (Å²) < 4.78 is 0. The van der Waals surface area contributed by atoms with Crippen molar-refractivity contribution >= 4 is 35.1 Å². The third kappa shape index (κ3) is 10.2. The molecule has 0 aliphatic heterocycles. The third-order valence-electron chi connectivity index (χ3n) is 3.49. The van der Waals surface area contributed by atoms with Gasteiger partial charge in [0.05, 0.1) is 11.8 Å². The molecule has 0 heterocycles. The van der Waals surface area contributed by atoms with Crippen LogP contribution in [0, 0.1) is 22.7 Å². The Morgan fingerprint density at radius 3 is 0.815 bits per heavy atom. The second kappa shape index (κ2) is 11.1. The Bertz CT molecular complexity index is 554. The molecule has 0 aromatic heterocycles. The second-order valence-electron chi connectivity index (χ2n) is 8.16. The SMILES string of the molecule is CC(=O)C(C(=O)C(=O)O)C(C)(C)C.CC(=O)C(C(=O)C(=O)O)C(C)(C)C.[Mn]. The summed E-state index contributed by atoms with van der Waals surface area (Å²) in [5.74, 6) is -8.06. The monoisotopic (exact) mass is 427 g/mol. The van der Waals surface area contributed by atoms with Crippen LogP contribution in [0.4, 0.5) is 0 Å². The van der Waals surface area contributed by atoms with Crippen LogP contribution in [-0.4, -0.2) is 45.3 Å². The van der Waals surface area contributed by atoms with Crippen molar-refractivity contribution in [3.05, 3.63) is 0 Å². The van der Waals surface area contributed by atoms with Gasteiger partial charge in [-0.1, -0.05) is 41.5 Å². The van der Waals surface area contributed by atoms with Crippen molar-refractivity contribution in [3.8, 4) is 0 Å². The van der Waals surface area contributed by atoms with Crippen molar-refractivity contribution in [2.45, 2.75) is 55.4 Å². The van der Waals surface area contributed by atoms with E-state index in [4.69, 9.17) is 10.2 Å². The van der Waals surface area contributed by atoms with E-state index in [1.54, 1.807) is 41.5 Å². The largest absolute Gasteiger partial charge is 0.475 e. The molecule has 2 N–H and O–H groups in total. The molecule has 27 heavy (non-hydrogen) atoms. The topological polar surface area (TPSA) is 143 Å². The molecular formula is C18H28MnO8. The van der Waals surface area contributed by atoms with Crippen molar-refractivity contribution in [2.75, 3.05) is 0 Å². The zero-order valence-corrected chi connectivity index (χ0v) is 18.1. The van der Waals surface area contributed by atoms with Crippen LogP contribution in [0.3, 0.4) is 0 Å². The average molecular weight is 427 g/mol. The van der Waals surface area contributed by atoms with Gasteiger partial charge in [-0.15, -0.1) is 0 Å². The van der Waals surface area contributed by atoms with E-state index in [9.17, 15) is 28.8 Å². The zero-order valence-electron chi connectivity index (χ0n) is 16.9. The summed E-state index contributed by atoms with van der Waals surface area (Å²) in [7, 11) is 0. The van der Waals surface area contributed by atoms with Crippen LogP contribution in [0.2, 0.25) is 0 Å². The molecule has 0 amide bonds. The van der Waals surface area contributed by atoms with Crippen LogP contribution < -0.4 is 0 Å². The maximum absolute atomic E-state index is 11.1. The summed E-state index contributed by atoms with van der Waals surface area (Å²) in [6.45, 7) is 12.5. The smallest absolute Gasteiger partial charge is 0.372 e. The van der Waals surface area contributed by atoms with Gasteiger partial charge in [-0.2, -0.15) is 0 Å². The predicted octanol–water partition coefficient (Wildman–Crippen LogP) is 1.78. The molecule has 0 aromatic rings. The van der Waals surface area contributed by atoms with E-state index in [-0.39, 0.29) is 17.1 Å². The third-order valence-corrected chi connectivity index (χ3v) is 3.49. The normalized spacial score (nSPS) is 13.0. The molecule has 0 spiro atoms. The predicted molar refractivity (Wildman–Crippen MR) is 92.5 cm³/mol. The summed E-state index contributed by atoms with van der Waals surface area (Å²) in [5, 5.41) is 16.9. The molecule has 2 unspecified atom stereocenters. The number of carboxylic acid groups (broad SMARTS) is 2. The van der Waals surface area contributed by atoms with Crippen molar-refractivity contribution < 1.29 is 56.0 Å². The summed E-state index contributed by atoms with van der Waals surface area (Å²) >= 11 is 0. The summed E-state index contributed by atoms with van der Waals surface area (Å²) in [4.78, 5) is 65.1. The molecule has 0 bridgehead atoms. The number of ketones is 4. The van der Waals surface area contributed by atoms with Gasteiger partial charge < -0.3 is 10.2 Å². The van der Waals surface area contributed by atoms with Crippen LogP contribution in [0.25, 0.3) is 0 Å². The van der Waals surface area contributed by atoms with Gasteiger partial charge in [0.1, 0.15) is 11.6 Å². The van der Waals surface area contributed by atoms with Gasteiger partial charge in [-0.05, 0) is 24.7 Å². The van der Waals surface area contributed by atoms with Crippen LogP contribution in [0.1, 0.15) is 55.4 Å². The van der Waals surface area contributed by atoms with Gasteiger partial charge in [0, 0.05) is 17.1 Å². The summed E-state index contributed by atoms with van der Waals surface area (Å²) in [6.07, 6.45) is 0. The van der Waals surface area contributed by atoms with Gasteiger partial charge in [-0.3, -0.25) is 19.2 Å². The Hall–Kier alpha value is -1.86. The fourth-order valence-corrected chi connectivity index (χ4v) is 2.62. The van der Waals surface area contributed by atoms with E-state index in [1.165, 1.54) is 13.8 Å². The molecule has 0 saturated carbocycles. The molecule has 2 atom stereocenters. The fraction of sp³-hybridized carbons (Fsp3) is 0.667. The first-order chi connectivity index (χ1) is 11.4. The molecule has 0 rings (SSSR count). The van der Waals surface area contributed by atoms with Crippen molar-refractivity contribution in [3.63, 3.8) is 0 Å². The minimum Gasteiger partial charge on any atom is -0.475 e. The first kappa shape index (κ1) is 29.9. The van der Waals surface area contributed by atoms with E-state index in [1.807, 2.05) is 0 Å². The van der Waals surface area contributed by atoms with Gasteiger partial charge in [0.2, 0.25) is 0 Å². The average Bonchev–Trinajstić information content (AvgIpc) is 2.34. The molecule has 0 fully saturated rings. The first-order valence-electron chi connectivity index (χ1n) is 7.90. The van der Waals surface area contributed by atoms with Crippen LogP contribution in [0.5, 0.6) is 0 Å². The maximum atomic E-state index is 11.1. The molecule has 8 nitrogen and oxygen atoms in total. The maximum Gasteiger partial charge on any atom is 0.372 e. The molecular weight excluding hydrogens is 399 g/mol. The minimum atomic E-state index is -1.55. The zero-order chi connectivity index (χ0) is 21.6. The van der Waals surface area contributed by atoms with Crippen LogP contribution in [-0.2, 0) is 45.8 Å². The number of carboxylic acids is 2. The Kier molecular flexibility index (Phi) is 12.3.